The molecule has 0 radical (unpaired) electrons. The van der Waals surface area contributed by atoms with E-state index in [4.69, 9.17) is 27.9 Å². The average Bonchev–Trinajstić information content (AvgIpc) is 2.76. The zero-order chi connectivity index (χ0) is 22.4. The SMILES string of the molecule is CCOc1ccc(CNC(=O)C2CCN(S(=O)(=O)Cc3ccc(Cl)c(Cl)c3)CC2)cc1. The molecular weight excluding hydrogens is 459 g/mol. The Bertz CT molecular complexity index is 1000. The van der Waals surface area contributed by atoms with Crippen molar-refractivity contribution in [2.45, 2.75) is 32.1 Å². The summed E-state index contributed by atoms with van der Waals surface area (Å²) < 4.78 is 32.4. The van der Waals surface area contributed by atoms with Gasteiger partial charge < -0.3 is 10.1 Å². The average molecular weight is 485 g/mol. The van der Waals surface area contributed by atoms with Crippen LogP contribution < -0.4 is 10.1 Å². The molecule has 1 amide bonds. The van der Waals surface area contributed by atoms with Gasteiger partial charge in [0.05, 0.1) is 22.4 Å². The number of nitrogens with one attached hydrogen (secondary N) is 1. The minimum atomic E-state index is -3.49. The van der Waals surface area contributed by atoms with Gasteiger partial charge in [-0.1, -0.05) is 41.4 Å². The fourth-order valence-corrected chi connectivity index (χ4v) is 5.40. The van der Waals surface area contributed by atoms with Crippen molar-refractivity contribution in [2.24, 2.45) is 5.92 Å². The summed E-state index contributed by atoms with van der Waals surface area (Å²) in [5.74, 6) is 0.417. The zero-order valence-corrected chi connectivity index (χ0v) is 19.6. The van der Waals surface area contributed by atoms with Crippen LogP contribution in [-0.2, 0) is 27.1 Å². The van der Waals surface area contributed by atoms with Crippen molar-refractivity contribution in [2.75, 3.05) is 19.7 Å². The second-order valence-corrected chi connectivity index (χ2v) is 10.3. The molecule has 6 nitrogen and oxygen atoms in total. The van der Waals surface area contributed by atoms with E-state index in [1.807, 2.05) is 31.2 Å². The summed E-state index contributed by atoms with van der Waals surface area (Å²) in [6.07, 6.45) is 0.991. The monoisotopic (exact) mass is 484 g/mol. The Morgan fingerprint density at radius 3 is 2.32 bits per heavy atom. The highest BCUT2D eigenvalue weighted by Gasteiger charge is 2.31. The van der Waals surface area contributed by atoms with E-state index in [9.17, 15) is 13.2 Å². The molecule has 0 saturated carbocycles. The molecule has 1 aliphatic heterocycles. The number of benzene rings is 2. The molecule has 0 atom stereocenters. The van der Waals surface area contributed by atoms with E-state index in [1.54, 1.807) is 18.2 Å². The standard InChI is InChI=1S/C22H26Cl2N2O4S/c1-2-30-19-6-3-16(4-7-19)14-25-22(27)18-9-11-26(12-10-18)31(28,29)15-17-5-8-20(23)21(24)13-17/h3-8,13,18H,2,9-12,14-15H2,1H3,(H,25,27). The zero-order valence-electron chi connectivity index (χ0n) is 17.3. The number of nitrogens with zero attached hydrogens (tertiary/aromatic N) is 1. The first-order valence-electron chi connectivity index (χ1n) is 10.2. The first-order valence-corrected chi connectivity index (χ1v) is 12.6. The van der Waals surface area contributed by atoms with E-state index in [2.05, 4.69) is 5.32 Å². The number of carbonyl (C=O) groups is 1. The summed E-state index contributed by atoms with van der Waals surface area (Å²) >= 11 is 11.9. The van der Waals surface area contributed by atoms with Gasteiger partial charge in [-0.25, -0.2) is 12.7 Å². The van der Waals surface area contributed by atoms with Crippen LogP contribution in [0.15, 0.2) is 42.5 Å². The van der Waals surface area contributed by atoms with Crippen molar-refractivity contribution in [1.82, 2.24) is 9.62 Å². The number of carbonyl (C=O) groups excluding carboxylic acids is 1. The lowest BCUT2D eigenvalue weighted by Crippen LogP contribution is -2.43. The number of amides is 1. The number of sulfonamides is 1. The summed E-state index contributed by atoms with van der Waals surface area (Å²) in [5.41, 5.74) is 1.57. The smallest absolute Gasteiger partial charge is 0.223 e. The third-order valence-electron chi connectivity index (χ3n) is 5.25. The van der Waals surface area contributed by atoms with E-state index in [0.717, 1.165) is 11.3 Å². The van der Waals surface area contributed by atoms with Crippen LogP contribution in [0.5, 0.6) is 5.75 Å². The molecule has 1 fully saturated rings. The highest BCUT2D eigenvalue weighted by molar-refractivity contribution is 7.88. The van der Waals surface area contributed by atoms with Crippen LogP contribution in [0, 0.1) is 5.92 Å². The number of hydrogen-bond donors (Lipinski definition) is 1. The quantitative estimate of drug-likeness (QED) is 0.607. The molecular formula is C22H26Cl2N2O4S. The predicted molar refractivity (Wildman–Crippen MR) is 123 cm³/mol. The van der Waals surface area contributed by atoms with Gasteiger partial charge in [0.25, 0.3) is 0 Å². The number of piperidine rings is 1. The van der Waals surface area contributed by atoms with E-state index in [1.165, 1.54) is 4.31 Å². The van der Waals surface area contributed by atoms with Crippen molar-refractivity contribution < 1.29 is 17.9 Å². The normalized spacial score (nSPS) is 15.6. The fraction of sp³-hybridized carbons (Fsp3) is 0.409. The number of hydrogen-bond acceptors (Lipinski definition) is 4. The molecule has 0 bridgehead atoms. The van der Waals surface area contributed by atoms with Crippen molar-refractivity contribution in [3.63, 3.8) is 0 Å². The van der Waals surface area contributed by atoms with Crippen LogP contribution >= 0.6 is 23.2 Å². The lowest BCUT2D eigenvalue weighted by Gasteiger charge is -2.30. The summed E-state index contributed by atoms with van der Waals surface area (Å²) in [6.45, 7) is 3.62. The summed E-state index contributed by atoms with van der Waals surface area (Å²) in [4.78, 5) is 12.5. The third-order valence-corrected chi connectivity index (χ3v) is 7.84. The third kappa shape index (κ3) is 6.59. The molecule has 31 heavy (non-hydrogen) atoms. The van der Waals surface area contributed by atoms with E-state index >= 15 is 0 Å². The van der Waals surface area contributed by atoms with Gasteiger partial charge in [-0.15, -0.1) is 0 Å². The van der Waals surface area contributed by atoms with Crippen LogP contribution in [0.25, 0.3) is 0 Å². The van der Waals surface area contributed by atoms with Gasteiger partial charge in [0.1, 0.15) is 5.75 Å². The molecule has 2 aromatic rings. The predicted octanol–water partition coefficient (Wildman–Crippen LogP) is 4.25. The van der Waals surface area contributed by atoms with E-state index < -0.39 is 10.0 Å². The molecule has 1 saturated heterocycles. The number of halogens is 2. The minimum Gasteiger partial charge on any atom is -0.494 e. The fourth-order valence-electron chi connectivity index (χ4n) is 3.53. The Kier molecular flexibility index (Phi) is 8.22. The van der Waals surface area contributed by atoms with E-state index in [-0.39, 0.29) is 17.6 Å². The minimum absolute atomic E-state index is 0.0459. The first kappa shape index (κ1) is 23.9. The summed E-state index contributed by atoms with van der Waals surface area (Å²) in [7, 11) is -3.49. The summed E-state index contributed by atoms with van der Waals surface area (Å²) in [5, 5.41) is 3.67. The molecule has 1 N–H and O–H groups in total. The van der Waals surface area contributed by atoms with Crippen LogP contribution in [0.4, 0.5) is 0 Å². The lowest BCUT2D eigenvalue weighted by molar-refractivity contribution is -0.126. The highest BCUT2D eigenvalue weighted by atomic mass is 35.5. The topological polar surface area (TPSA) is 75.7 Å². The Morgan fingerprint density at radius 2 is 1.71 bits per heavy atom. The maximum atomic E-state index is 12.8. The van der Waals surface area contributed by atoms with Crippen molar-refractivity contribution in [1.29, 1.82) is 0 Å². The lowest BCUT2D eigenvalue weighted by atomic mass is 9.97. The maximum Gasteiger partial charge on any atom is 0.223 e. The summed E-state index contributed by atoms with van der Waals surface area (Å²) in [6, 6.07) is 12.4. The van der Waals surface area contributed by atoms with Gasteiger partial charge in [0.2, 0.25) is 15.9 Å². The molecule has 0 aromatic heterocycles. The molecule has 3 rings (SSSR count). The first-order chi connectivity index (χ1) is 14.8. The Labute approximate surface area is 193 Å². The second kappa shape index (κ2) is 10.7. The number of ether oxygens (including phenoxy) is 1. The molecule has 0 spiro atoms. The van der Waals surface area contributed by atoms with Gasteiger partial charge >= 0.3 is 0 Å². The molecule has 1 heterocycles. The molecule has 1 aliphatic rings. The maximum absolute atomic E-state index is 12.8. The molecule has 9 heteroatoms. The van der Waals surface area contributed by atoms with Crippen LogP contribution in [0.1, 0.15) is 30.9 Å². The van der Waals surface area contributed by atoms with Crippen LogP contribution in [0.3, 0.4) is 0 Å². The van der Waals surface area contributed by atoms with Crippen LogP contribution in [0.2, 0.25) is 10.0 Å². The van der Waals surface area contributed by atoms with Crippen molar-refractivity contribution >= 4 is 39.1 Å². The highest BCUT2D eigenvalue weighted by Crippen LogP contribution is 2.26. The molecule has 2 aromatic carbocycles. The molecule has 0 aliphatic carbocycles. The van der Waals surface area contributed by atoms with Gasteiger partial charge in [-0.3, -0.25) is 4.79 Å². The number of rotatable bonds is 8. The molecule has 0 unspecified atom stereocenters. The van der Waals surface area contributed by atoms with Gasteiger partial charge in [0, 0.05) is 25.6 Å². The largest absolute Gasteiger partial charge is 0.494 e. The van der Waals surface area contributed by atoms with Gasteiger partial charge in [-0.2, -0.15) is 0 Å². The second-order valence-electron chi connectivity index (χ2n) is 7.47. The van der Waals surface area contributed by atoms with Crippen molar-refractivity contribution in [3.8, 4) is 5.75 Å². The van der Waals surface area contributed by atoms with Crippen molar-refractivity contribution in [3.05, 3.63) is 63.6 Å². The Balaban J connectivity index is 1.48. The molecule has 168 valence electrons. The Hall–Kier alpha value is -1.80. The van der Waals surface area contributed by atoms with Crippen LogP contribution in [-0.4, -0.2) is 38.3 Å². The van der Waals surface area contributed by atoms with Gasteiger partial charge in [0.15, 0.2) is 0 Å². The van der Waals surface area contributed by atoms with Gasteiger partial charge in [-0.05, 0) is 55.2 Å². The Morgan fingerprint density at radius 1 is 1.06 bits per heavy atom. The van der Waals surface area contributed by atoms with E-state index in [0.29, 0.717) is 54.7 Å².